The van der Waals surface area contributed by atoms with Crippen molar-refractivity contribution in [3.8, 4) is 0 Å². The van der Waals surface area contributed by atoms with Crippen LogP contribution in [0.5, 0.6) is 0 Å². The molecule has 126 valence electrons. The largest absolute Gasteiger partial charge is 0.443 e. The number of carbonyl (C=O) groups is 1. The van der Waals surface area contributed by atoms with Gasteiger partial charge in [0.15, 0.2) is 5.65 Å². The summed E-state index contributed by atoms with van der Waals surface area (Å²) in [7, 11) is 1.61. The molecule has 8 heteroatoms. The first-order valence-corrected chi connectivity index (χ1v) is 7.28. The highest BCUT2D eigenvalue weighted by Gasteiger charge is 2.23. The molecule has 0 unspecified atom stereocenters. The molecule has 0 aromatic carbocycles. The molecule has 0 radical (unpaired) electrons. The van der Waals surface area contributed by atoms with E-state index in [1.807, 2.05) is 27.7 Å². The molecule has 0 fully saturated rings. The summed E-state index contributed by atoms with van der Waals surface area (Å²) in [6.07, 6.45) is 2.44. The Bertz CT molecular complexity index is 706. The molecule has 0 aliphatic rings. The van der Waals surface area contributed by atoms with Gasteiger partial charge >= 0.3 is 6.09 Å². The molecular formula is C15H22ClN5O2. The van der Waals surface area contributed by atoms with E-state index in [9.17, 15) is 4.79 Å². The van der Waals surface area contributed by atoms with Crippen LogP contribution in [0.3, 0.4) is 0 Å². The van der Waals surface area contributed by atoms with Crippen LogP contribution in [0, 0.1) is 6.92 Å². The number of hydrogen-bond acceptors (Lipinski definition) is 5. The zero-order valence-electron chi connectivity index (χ0n) is 14.0. The molecule has 0 aliphatic carbocycles. The maximum atomic E-state index is 12.1. The van der Waals surface area contributed by atoms with Gasteiger partial charge in [-0.05, 0) is 33.9 Å². The lowest BCUT2D eigenvalue weighted by Gasteiger charge is -2.24. The number of rotatable bonds is 1. The predicted molar refractivity (Wildman–Crippen MR) is 91.8 cm³/mol. The Morgan fingerprint density at radius 3 is 2.61 bits per heavy atom. The number of fused-ring (bicyclic) bond motifs is 1. The van der Waals surface area contributed by atoms with Gasteiger partial charge in [-0.15, -0.1) is 0 Å². The number of amides is 1. The average Bonchev–Trinajstić information content (AvgIpc) is 2.78. The lowest BCUT2D eigenvalue weighted by molar-refractivity contribution is 0.0587. The van der Waals surface area contributed by atoms with Crippen LogP contribution in [0.15, 0.2) is 25.0 Å². The molecule has 0 bridgehead atoms. The Balaban J connectivity index is 0.000000816. The van der Waals surface area contributed by atoms with Crippen LogP contribution in [0.1, 0.15) is 26.3 Å². The fraction of sp³-hybridized carbons (Fsp3) is 0.400. The van der Waals surface area contributed by atoms with Crippen molar-refractivity contribution < 1.29 is 9.53 Å². The van der Waals surface area contributed by atoms with E-state index in [1.165, 1.54) is 11.1 Å². The molecule has 2 aromatic heterocycles. The Labute approximate surface area is 140 Å². The van der Waals surface area contributed by atoms with Crippen molar-refractivity contribution in [2.75, 3.05) is 11.9 Å². The zero-order chi connectivity index (χ0) is 17.8. The minimum absolute atomic E-state index is 0.298. The fourth-order valence-electron chi connectivity index (χ4n) is 1.69. The van der Waals surface area contributed by atoms with Gasteiger partial charge in [-0.25, -0.2) is 9.78 Å². The second kappa shape index (κ2) is 7.32. The van der Waals surface area contributed by atoms with Crippen molar-refractivity contribution in [1.29, 1.82) is 0 Å². The molecule has 2 heterocycles. The summed E-state index contributed by atoms with van der Waals surface area (Å²) in [6.45, 7) is 10.5. The molecule has 0 aliphatic heterocycles. The van der Waals surface area contributed by atoms with Crippen LogP contribution >= 0.6 is 11.6 Å². The van der Waals surface area contributed by atoms with Gasteiger partial charge in [0, 0.05) is 18.7 Å². The number of nitrogens with zero attached hydrogens (tertiary/aromatic N) is 4. The van der Waals surface area contributed by atoms with E-state index in [0.29, 0.717) is 16.6 Å². The van der Waals surface area contributed by atoms with Crippen LogP contribution in [0.2, 0.25) is 5.15 Å². The first kappa shape index (κ1) is 18.8. The highest BCUT2D eigenvalue weighted by Crippen LogP contribution is 2.22. The van der Waals surface area contributed by atoms with Gasteiger partial charge in [0.05, 0.1) is 6.20 Å². The van der Waals surface area contributed by atoms with Crippen molar-refractivity contribution in [2.24, 2.45) is 5.73 Å². The maximum Gasteiger partial charge on any atom is 0.415 e. The van der Waals surface area contributed by atoms with Gasteiger partial charge in [-0.1, -0.05) is 18.2 Å². The summed E-state index contributed by atoms with van der Waals surface area (Å²) in [4.78, 5) is 17.7. The lowest BCUT2D eigenvalue weighted by atomic mass is 10.2. The standard InChI is InChI=1S/C13H17ClN4O2.C2H5N/c1-8-7-15-18-10(6-9(14)16-11(8)18)17(5)12(19)20-13(2,3)4;1-2-3/h6-7H,1-5H3;2H,1,3H2. The SMILES string of the molecule is C=CN.Cc1cnn2c(N(C)C(=O)OC(C)(C)C)cc(Cl)nc12. The first-order valence-electron chi connectivity index (χ1n) is 6.91. The van der Waals surface area contributed by atoms with E-state index in [2.05, 4.69) is 22.4 Å². The molecule has 0 atom stereocenters. The lowest BCUT2D eigenvalue weighted by Crippen LogP contribution is -2.35. The molecule has 0 spiro atoms. The highest BCUT2D eigenvalue weighted by molar-refractivity contribution is 6.29. The topological polar surface area (TPSA) is 85.8 Å². The molecular weight excluding hydrogens is 318 g/mol. The monoisotopic (exact) mass is 339 g/mol. The van der Waals surface area contributed by atoms with Gasteiger partial charge < -0.3 is 10.5 Å². The van der Waals surface area contributed by atoms with Crippen LogP contribution in [0.4, 0.5) is 10.6 Å². The van der Waals surface area contributed by atoms with Crippen molar-refractivity contribution in [3.63, 3.8) is 0 Å². The van der Waals surface area contributed by atoms with Crippen molar-refractivity contribution in [2.45, 2.75) is 33.3 Å². The summed E-state index contributed by atoms with van der Waals surface area (Å²) < 4.78 is 6.89. The van der Waals surface area contributed by atoms with Gasteiger partial charge in [-0.2, -0.15) is 9.61 Å². The number of anilines is 1. The van der Waals surface area contributed by atoms with Crippen LogP contribution in [0.25, 0.3) is 5.65 Å². The molecule has 23 heavy (non-hydrogen) atoms. The molecule has 2 rings (SSSR count). The van der Waals surface area contributed by atoms with Gasteiger partial charge in [0.1, 0.15) is 16.6 Å². The Hall–Kier alpha value is -2.28. The predicted octanol–water partition coefficient (Wildman–Crippen LogP) is 3.15. The Kier molecular flexibility index (Phi) is 5.98. The van der Waals surface area contributed by atoms with Gasteiger partial charge in [0.25, 0.3) is 0 Å². The normalized spacial score (nSPS) is 10.7. The van der Waals surface area contributed by atoms with Crippen LogP contribution in [-0.4, -0.2) is 33.3 Å². The first-order chi connectivity index (χ1) is 10.6. The highest BCUT2D eigenvalue weighted by atomic mass is 35.5. The summed E-state index contributed by atoms with van der Waals surface area (Å²) in [5.74, 6) is 0.502. The number of aryl methyl sites for hydroxylation is 1. The van der Waals surface area contributed by atoms with E-state index < -0.39 is 11.7 Å². The molecule has 2 N–H and O–H groups in total. The van der Waals surface area contributed by atoms with E-state index >= 15 is 0 Å². The summed E-state index contributed by atoms with van der Waals surface area (Å²) in [5.41, 5.74) is 5.54. The quantitative estimate of drug-likeness (QED) is 0.806. The second-order valence-corrected chi connectivity index (χ2v) is 6.16. The third-order valence-corrected chi connectivity index (χ3v) is 2.80. The number of ether oxygens (including phenoxy) is 1. The minimum Gasteiger partial charge on any atom is -0.443 e. The molecule has 7 nitrogen and oxygen atoms in total. The molecule has 2 aromatic rings. The van der Waals surface area contributed by atoms with Gasteiger partial charge in [0.2, 0.25) is 0 Å². The Morgan fingerprint density at radius 2 is 2.09 bits per heavy atom. The summed E-state index contributed by atoms with van der Waals surface area (Å²) in [6, 6.07) is 1.57. The number of halogens is 1. The zero-order valence-corrected chi connectivity index (χ0v) is 14.8. The summed E-state index contributed by atoms with van der Waals surface area (Å²) >= 11 is 6.00. The van der Waals surface area contributed by atoms with Crippen LogP contribution < -0.4 is 10.6 Å². The van der Waals surface area contributed by atoms with Crippen LogP contribution in [-0.2, 0) is 4.74 Å². The smallest absolute Gasteiger partial charge is 0.415 e. The number of aromatic nitrogens is 3. The van der Waals surface area contributed by atoms with E-state index in [4.69, 9.17) is 16.3 Å². The number of hydrogen-bond donors (Lipinski definition) is 1. The average molecular weight is 340 g/mol. The third-order valence-electron chi connectivity index (χ3n) is 2.61. The van der Waals surface area contributed by atoms with E-state index in [1.54, 1.807) is 23.8 Å². The van der Waals surface area contributed by atoms with E-state index in [-0.39, 0.29) is 0 Å². The fourth-order valence-corrected chi connectivity index (χ4v) is 1.87. The summed E-state index contributed by atoms with van der Waals surface area (Å²) in [5, 5.41) is 4.50. The maximum absolute atomic E-state index is 12.1. The second-order valence-electron chi connectivity index (χ2n) is 5.78. The van der Waals surface area contributed by atoms with Crippen molar-refractivity contribution in [1.82, 2.24) is 14.6 Å². The Morgan fingerprint density at radius 1 is 1.52 bits per heavy atom. The minimum atomic E-state index is -0.568. The van der Waals surface area contributed by atoms with Gasteiger partial charge in [-0.3, -0.25) is 4.90 Å². The van der Waals surface area contributed by atoms with E-state index in [0.717, 1.165) is 5.56 Å². The molecule has 0 saturated carbocycles. The molecule has 0 saturated heterocycles. The number of carbonyl (C=O) groups excluding carboxylic acids is 1. The van der Waals surface area contributed by atoms with Crippen molar-refractivity contribution >= 4 is 29.2 Å². The third kappa shape index (κ3) is 4.85. The number of nitrogens with two attached hydrogens (primary N) is 1. The molecule has 1 amide bonds. The van der Waals surface area contributed by atoms with Crippen molar-refractivity contribution in [3.05, 3.63) is 35.8 Å².